The molecule has 0 radical (unpaired) electrons. The molecular formula is C22H27N3O4S2. The Hall–Kier alpha value is -2.36. The Morgan fingerprint density at radius 1 is 1.03 bits per heavy atom. The molecule has 1 saturated heterocycles. The standard InChI is InChI=1S/C22H27N3O4S2/c1-14-15(2)23-29-21(14)20-16(3)30-17(4)22(20)31(26,27)25-12-10-24(11-13-25)18-8-6-7-9-19(18)28-5/h6-9H,10-13H2,1-5H3. The van der Waals surface area contributed by atoms with Gasteiger partial charge in [0.15, 0.2) is 5.76 Å². The normalized spacial score (nSPS) is 15.5. The maximum Gasteiger partial charge on any atom is 0.245 e. The molecule has 9 heteroatoms. The minimum absolute atomic E-state index is 0.347. The van der Waals surface area contributed by atoms with Gasteiger partial charge in [-0.3, -0.25) is 0 Å². The van der Waals surface area contributed by atoms with Crippen LogP contribution in [0.4, 0.5) is 5.69 Å². The smallest absolute Gasteiger partial charge is 0.245 e. The maximum absolute atomic E-state index is 13.7. The summed E-state index contributed by atoms with van der Waals surface area (Å²) in [6.45, 7) is 9.57. The van der Waals surface area contributed by atoms with Crippen LogP contribution in [0.5, 0.6) is 5.75 Å². The van der Waals surface area contributed by atoms with E-state index in [1.54, 1.807) is 11.4 Å². The van der Waals surface area contributed by atoms with Crippen LogP contribution < -0.4 is 9.64 Å². The quantitative estimate of drug-likeness (QED) is 0.568. The fraction of sp³-hybridized carbons (Fsp3) is 0.409. The molecule has 0 spiro atoms. The van der Waals surface area contributed by atoms with E-state index >= 15 is 0 Å². The Morgan fingerprint density at radius 3 is 2.32 bits per heavy atom. The number of nitrogens with zero attached hydrogens (tertiary/aromatic N) is 3. The van der Waals surface area contributed by atoms with Gasteiger partial charge in [-0.05, 0) is 39.8 Å². The summed E-state index contributed by atoms with van der Waals surface area (Å²) in [7, 11) is -2.03. The predicted octanol–water partition coefficient (Wildman–Crippen LogP) is 4.16. The summed E-state index contributed by atoms with van der Waals surface area (Å²) in [5.41, 5.74) is 3.27. The molecule has 7 nitrogen and oxygen atoms in total. The van der Waals surface area contributed by atoms with Crippen LogP contribution in [0.15, 0.2) is 33.7 Å². The van der Waals surface area contributed by atoms with Gasteiger partial charge in [0.25, 0.3) is 0 Å². The first-order valence-electron chi connectivity index (χ1n) is 10.2. The molecule has 0 saturated carbocycles. The van der Waals surface area contributed by atoms with E-state index in [0.717, 1.165) is 32.4 Å². The van der Waals surface area contributed by atoms with Crippen LogP contribution in [0.25, 0.3) is 11.3 Å². The van der Waals surface area contributed by atoms with Gasteiger partial charge in [0.05, 0.1) is 24.1 Å². The summed E-state index contributed by atoms with van der Waals surface area (Å²) in [6.07, 6.45) is 0. The molecule has 4 rings (SSSR count). The highest BCUT2D eigenvalue weighted by atomic mass is 32.2. The number of ether oxygens (including phenoxy) is 1. The SMILES string of the molecule is COc1ccccc1N1CCN(S(=O)(=O)c2c(C)sc(C)c2-c2onc(C)c2C)CC1. The van der Waals surface area contributed by atoms with Crippen LogP contribution in [0.1, 0.15) is 21.0 Å². The van der Waals surface area contributed by atoms with Crippen molar-refractivity contribution in [1.29, 1.82) is 0 Å². The van der Waals surface area contributed by atoms with Crippen molar-refractivity contribution in [1.82, 2.24) is 9.46 Å². The average Bonchev–Trinajstić information content (AvgIpc) is 3.25. The molecule has 3 heterocycles. The molecule has 0 bridgehead atoms. The Kier molecular flexibility index (Phi) is 5.85. The van der Waals surface area contributed by atoms with Gasteiger partial charge in [0.1, 0.15) is 10.6 Å². The molecule has 31 heavy (non-hydrogen) atoms. The number of para-hydroxylation sites is 2. The zero-order chi connectivity index (χ0) is 22.3. The van der Waals surface area contributed by atoms with Gasteiger partial charge in [-0.15, -0.1) is 11.3 Å². The predicted molar refractivity (Wildman–Crippen MR) is 123 cm³/mol. The minimum Gasteiger partial charge on any atom is -0.495 e. The van der Waals surface area contributed by atoms with Crippen molar-refractivity contribution in [2.24, 2.45) is 0 Å². The lowest BCUT2D eigenvalue weighted by Crippen LogP contribution is -2.48. The number of methoxy groups -OCH3 is 1. The molecule has 166 valence electrons. The molecule has 1 aliphatic heterocycles. The van der Waals surface area contributed by atoms with Crippen LogP contribution in [0.2, 0.25) is 0 Å². The van der Waals surface area contributed by atoms with Crippen LogP contribution in [-0.2, 0) is 10.0 Å². The third kappa shape index (κ3) is 3.75. The van der Waals surface area contributed by atoms with Gasteiger partial charge in [-0.25, -0.2) is 8.42 Å². The van der Waals surface area contributed by atoms with Crippen molar-refractivity contribution in [3.05, 3.63) is 45.3 Å². The number of hydrogen-bond acceptors (Lipinski definition) is 7. The van der Waals surface area contributed by atoms with Gasteiger partial charge in [-0.2, -0.15) is 4.31 Å². The number of benzene rings is 1. The van der Waals surface area contributed by atoms with Gasteiger partial charge in [0, 0.05) is 41.5 Å². The van der Waals surface area contributed by atoms with Gasteiger partial charge in [-0.1, -0.05) is 17.3 Å². The third-order valence-corrected chi connectivity index (χ3v) is 9.07. The number of aryl methyl sites for hydroxylation is 3. The topological polar surface area (TPSA) is 75.9 Å². The fourth-order valence-electron chi connectivity index (χ4n) is 4.07. The van der Waals surface area contributed by atoms with Crippen molar-refractivity contribution in [2.45, 2.75) is 32.6 Å². The number of aromatic nitrogens is 1. The van der Waals surface area contributed by atoms with E-state index in [-0.39, 0.29) is 0 Å². The Labute approximate surface area is 187 Å². The molecule has 3 aromatic rings. The van der Waals surface area contributed by atoms with Gasteiger partial charge < -0.3 is 14.2 Å². The Balaban J connectivity index is 1.65. The molecule has 0 N–H and O–H groups in total. The van der Waals surface area contributed by atoms with Crippen LogP contribution in [0, 0.1) is 27.7 Å². The van der Waals surface area contributed by atoms with Crippen LogP contribution >= 0.6 is 11.3 Å². The molecule has 0 unspecified atom stereocenters. The van der Waals surface area contributed by atoms with E-state index in [2.05, 4.69) is 10.1 Å². The highest BCUT2D eigenvalue weighted by molar-refractivity contribution is 7.89. The van der Waals surface area contributed by atoms with Gasteiger partial charge >= 0.3 is 0 Å². The molecule has 0 amide bonds. The maximum atomic E-state index is 13.7. The number of piperazine rings is 1. The molecule has 0 atom stereocenters. The van der Waals surface area contributed by atoms with Crippen molar-refractivity contribution < 1.29 is 17.7 Å². The first-order valence-corrected chi connectivity index (χ1v) is 12.4. The second-order valence-corrected chi connectivity index (χ2v) is 11.0. The summed E-state index contributed by atoms with van der Waals surface area (Å²) < 4.78 is 40.1. The average molecular weight is 462 g/mol. The monoisotopic (exact) mass is 461 g/mol. The highest BCUT2D eigenvalue weighted by Gasteiger charge is 2.35. The molecule has 0 aliphatic carbocycles. The summed E-state index contributed by atoms with van der Waals surface area (Å²) in [4.78, 5) is 4.21. The van der Waals surface area contributed by atoms with E-state index < -0.39 is 10.0 Å². The van der Waals surface area contributed by atoms with Crippen molar-refractivity contribution in [3.63, 3.8) is 0 Å². The summed E-state index contributed by atoms with van der Waals surface area (Å²) >= 11 is 1.48. The Morgan fingerprint density at radius 2 is 1.71 bits per heavy atom. The zero-order valence-corrected chi connectivity index (χ0v) is 20.1. The lowest BCUT2D eigenvalue weighted by Gasteiger charge is -2.36. The highest BCUT2D eigenvalue weighted by Crippen LogP contribution is 2.42. The molecule has 2 aromatic heterocycles. The van der Waals surface area contributed by atoms with E-state index in [9.17, 15) is 8.42 Å². The van der Waals surface area contributed by atoms with Crippen molar-refractivity contribution in [2.75, 3.05) is 38.2 Å². The van der Waals surface area contributed by atoms with E-state index in [1.165, 1.54) is 11.3 Å². The number of rotatable bonds is 5. The lowest BCUT2D eigenvalue weighted by atomic mass is 10.1. The van der Waals surface area contributed by atoms with E-state index in [1.807, 2.05) is 52.0 Å². The largest absolute Gasteiger partial charge is 0.495 e. The van der Waals surface area contributed by atoms with Crippen molar-refractivity contribution in [3.8, 4) is 17.1 Å². The number of thiophene rings is 1. The molecule has 1 fully saturated rings. The number of hydrogen-bond donors (Lipinski definition) is 0. The van der Waals surface area contributed by atoms with Gasteiger partial charge in [0.2, 0.25) is 10.0 Å². The zero-order valence-electron chi connectivity index (χ0n) is 18.4. The fourth-order valence-corrected chi connectivity index (χ4v) is 7.30. The van der Waals surface area contributed by atoms with Crippen LogP contribution in [0.3, 0.4) is 0 Å². The molecule has 1 aliphatic rings. The summed E-state index contributed by atoms with van der Waals surface area (Å²) in [5, 5.41) is 4.04. The van der Waals surface area contributed by atoms with E-state index in [4.69, 9.17) is 9.26 Å². The summed E-state index contributed by atoms with van der Waals surface area (Å²) in [6, 6.07) is 7.82. The molecule has 1 aromatic carbocycles. The second kappa shape index (κ2) is 8.29. The minimum atomic E-state index is -3.68. The Bertz CT molecular complexity index is 1210. The molecular weight excluding hydrogens is 434 g/mol. The number of anilines is 1. The first-order chi connectivity index (χ1) is 14.8. The first kappa shape index (κ1) is 21.9. The van der Waals surface area contributed by atoms with Crippen molar-refractivity contribution >= 4 is 27.0 Å². The number of sulfonamides is 1. The lowest BCUT2D eigenvalue weighted by molar-refractivity contribution is 0.378. The van der Waals surface area contributed by atoms with E-state index in [0.29, 0.717) is 42.4 Å². The van der Waals surface area contributed by atoms with Crippen LogP contribution in [-0.4, -0.2) is 51.2 Å². The second-order valence-electron chi connectivity index (χ2n) is 7.70. The summed E-state index contributed by atoms with van der Waals surface area (Å²) in [5.74, 6) is 1.34. The third-order valence-electron chi connectivity index (χ3n) is 5.85.